The number of halogens is 1. The lowest BCUT2D eigenvalue weighted by Gasteiger charge is -2.47. The Morgan fingerprint density at radius 1 is 1.19 bits per heavy atom. The number of morpholine rings is 1. The van der Waals surface area contributed by atoms with E-state index >= 15 is 0 Å². The lowest BCUT2D eigenvalue weighted by Crippen LogP contribution is -2.59. The summed E-state index contributed by atoms with van der Waals surface area (Å²) >= 11 is 0.955. The quantitative estimate of drug-likeness (QED) is 0.271. The summed E-state index contributed by atoms with van der Waals surface area (Å²) in [6.07, 6.45) is 2.80. The van der Waals surface area contributed by atoms with Gasteiger partial charge in [-0.25, -0.2) is 4.39 Å². The molecule has 10 nitrogen and oxygen atoms in total. The van der Waals surface area contributed by atoms with Crippen molar-refractivity contribution in [1.29, 1.82) is 0 Å². The Morgan fingerprint density at radius 3 is 2.79 bits per heavy atom. The van der Waals surface area contributed by atoms with Crippen LogP contribution >= 0.6 is 11.3 Å². The third-order valence-corrected chi connectivity index (χ3v) is 9.76. The molecule has 43 heavy (non-hydrogen) atoms. The Labute approximate surface area is 253 Å². The number of thiazole rings is 1. The molecule has 12 heteroatoms. The number of aromatic hydroxyl groups is 1. The van der Waals surface area contributed by atoms with Gasteiger partial charge in [0.1, 0.15) is 23.2 Å². The second-order valence-corrected chi connectivity index (χ2v) is 12.9. The van der Waals surface area contributed by atoms with E-state index in [1.807, 2.05) is 11.0 Å². The Bertz CT molecular complexity index is 1500. The minimum absolute atomic E-state index is 0.0289. The van der Waals surface area contributed by atoms with Crippen molar-refractivity contribution < 1.29 is 28.9 Å². The number of carbonyl (C=O) groups excluding carboxylic acids is 1. The number of aromatic amines is 1. The average molecular weight is 615 g/mol. The number of likely N-dealkylation sites (tertiary alicyclic amines) is 1. The minimum Gasteiger partial charge on any atom is -0.506 e. The number of phenols is 1. The molecule has 0 radical (unpaired) electrons. The van der Waals surface area contributed by atoms with Crippen LogP contribution in [0.1, 0.15) is 48.5 Å². The molecule has 6 rings (SSSR count). The number of ether oxygens (including phenoxy) is 2. The number of rotatable bonds is 9. The molecule has 4 N–H and O–H groups in total. The third-order valence-electron chi connectivity index (χ3n) is 8.83. The van der Waals surface area contributed by atoms with Gasteiger partial charge in [0.15, 0.2) is 0 Å². The first-order valence-electron chi connectivity index (χ1n) is 15.1. The lowest BCUT2D eigenvalue weighted by molar-refractivity contribution is -0.166. The fourth-order valence-electron chi connectivity index (χ4n) is 6.52. The summed E-state index contributed by atoms with van der Waals surface area (Å²) in [5.74, 6) is -0.205. The van der Waals surface area contributed by atoms with E-state index in [4.69, 9.17) is 9.47 Å². The summed E-state index contributed by atoms with van der Waals surface area (Å²) in [7, 11) is 0. The Balaban J connectivity index is 0.984. The molecule has 0 aliphatic carbocycles. The van der Waals surface area contributed by atoms with Crippen LogP contribution < -0.4 is 10.2 Å². The number of amides is 1. The maximum atomic E-state index is 14.6. The molecule has 3 aromatic rings. The van der Waals surface area contributed by atoms with Crippen molar-refractivity contribution in [2.45, 2.75) is 56.5 Å². The number of carbonyl (C=O) groups is 1. The molecule has 3 aliphatic heterocycles. The maximum Gasteiger partial charge on any atom is 0.305 e. The molecular weight excluding hydrogens is 575 g/mol. The van der Waals surface area contributed by atoms with Gasteiger partial charge in [0.25, 0.3) is 5.91 Å². The van der Waals surface area contributed by atoms with Crippen LogP contribution in [0.3, 0.4) is 0 Å². The number of hydrogen-bond donors (Lipinski definition) is 4. The minimum atomic E-state index is -0.866. The van der Waals surface area contributed by atoms with Crippen LogP contribution in [0.15, 0.2) is 35.1 Å². The van der Waals surface area contributed by atoms with Crippen molar-refractivity contribution in [3.63, 3.8) is 0 Å². The number of aliphatic hydroxyl groups is 1. The van der Waals surface area contributed by atoms with Crippen molar-refractivity contribution in [3.8, 4) is 5.75 Å². The first-order valence-corrected chi connectivity index (χ1v) is 15.9. The van der Waals surface area contributed by atoms with Gasteiger partial charge in [-0.3, -0.25) is 14.5 Å². The molecule has 2 atom stereocenters. The van der Waals surface area contributed by atoms with E-state index in [1.54, 1.807) is 18.2 Å². The summed E-state index contributed by atoms with van der Waals surface area (Å²) in [5, 5.41) is 23.9. The van der Waals surface area contributed by atoms with E-state index < -0.39 is 6.10 Å². The van der Waals surface area contributed by atoms with Crippen LogP contribution in [0.4, 0.5) is 4.39 Å². The number of benzene rings is 2. The van der Waals surface area contributed by atoms with Crippen molar-refractivity contribution in [2.75, 3.05) is 52.5 Å². The molecule has 2 aromatic carbocycles. The van der Waals surface area contributed by atoms with Crippen molar-refractivity contribution in [1.82, 2.24) is 20.1 Å². The largest absolute Gasteiger partial charge is 0.506 e. The molecule has 3 aliphatic rings. The number of nitrogens with one attached hydrogen (secondary N) is 2. The second-order valence-electron chi connectivity index (χ2n) is 11.9. The van der Waals surface area contributed by atoms with Gasteiger partial charge in [-0.2, -0.15) is 0 Å². The van der Waals surface area contributed by atoms with E-state index in [0.29, 0.717) is 61.6 Å². The molecule has 1 aromatic heterocycles. The standard InChI is InChI=1S/C31H39FN4O6S/c32-22-15-20(5-8-33-17-25(38)23-3-4-24(37)27-28(23)43-30(40)34-27)14-21(16-22)18-35-9-6-31(7-10-35)19-36(11-13-42-31)29(39)26-2-1-12-41-26/h3-4,14-16,25-26,33,37-38H,1-2,5-13,17-19H2,(H,34,40)/t25-,26-/m0/s1. The Hall–Kier alpha value is -2.87. The van der Waals surface area contributed by atoms with Crippen LogP contribution in [0.25, 0.3) is 10.2 Å². The summed E-state index contributed by atoms with van der Waals surface area (Å²) in [4.78, 5) is 31.2. The molecule has 4 heterocycles. The number of aromatic nitrogens is 1. The molecular formula is C31H39FN4O6S. The van der Waals surface area contributed by atoms with Gasteiger partial charge in [-0.05, 0) is 68.0 Å². The fraction of sp³-hybridized carbons (Fsp3) is 0.548. The van der Waals surface area contributed by atoms with Gasteiger partial charge in [0, 0.05) is 51.4 Å². The highest BCUT2D eigenvalue weighted by Gasteiger charge is 2.42. The smallest absolute Gasteiger partial charge is 0.305 e. The van der Waals surface area contributed by atoms with Crippen LogP contribution in [0.2, 0.25) is 0 Å². The molecule has 1 amide bonds. The summed E-state index contributed by atoms with van der Waals surface area (Å²) in [5.41, 5.74) is 2.37. The first kappa shape index (κ1) is 30.2. The predicted molar refractivity (Wildman–Crippen MR) is 161 cm³/mol. The van der Waals surface area contributed by atoms with Crippen molar-refractivity contribution in [3.05, 3.63) is 62.5 Å². The maximum absolute atomic E-state index is 14.6. The summed E-state index contributed by atoms with van der Waals surface area (Å²) < 4.78 is 27.0. The zero-order valence-electron chi connectivity index (χ0n) is 24.1. The second kappa shape index (κ2) is 13.0. The van der Waals surface area contributed by atoms with E-state index in [9.17, 15) is 24.2 Å². The molecule has 0 bridgehead atoms. The fourth-order valence-corrected chi connectivity index (χ4v) is 7.44. The van der Waals surface area contributed by atoms with Gasteiger partial charge in [-0.15, -0.1) is 0 Å². The highest BCUT2D eigenvalue weighted by molar-refractivity contribution is 7.16. The molecule has 232 valence electrons. The van der Waals surface area contributed by atoms with Crippen LogP contribution in [-0.4, -0.2) is 95.1 Å². The number of hydrogen-bond acceptors (Lipinski definition) is 9. The number of nitrogens with zero attached hydrogens (tertiary/aromatic N) is 2. The summed E-state index contributed by atoms with van der Waals surface area (Å²) in [6, 6.07) is 8.25. The van der Waals surface area contributed by atoms with Gasteiger partial charge in [-0.1, -0.05) is 23.5 Å². The SMILES string of the molecule is O=C([C@@H]1CCCO1)N1CCOC2(CCN(Cc3cc(F)cc(CCNC[C@H](O)c4ccc(O)c5[nH]c(=O)sc45)c3)CC2)C1. The number of piperidine rings is 1. The van der Waals surface area contributed by atoms with Crippen LogP contribution in [-0.2, 0) is 27.2 Å². The van der Waals surface area contributed by atoms with E-state index in [2.05, 4.69) is 15.2 Å². The molecule has 3 saturated heterocycles. The number of aliphatic hydroxyl groups excluding tert-OH is 1. The van der Waals surface area contributed by atoms with Crippen molar-refractivity contribution in [2.24, 2.45) is 0 Å². The summed E-state index contributed by atoms with van der Waals surface area (Å²) in [6.45, 7) is 5.48. The topological polar surface area (TPSA) is 127 Å². The van der Waals surface area contributed by atoms with Gasteiger partial charge in [0.2, 0.25) is 0 Å². The van der Waals surface area contributed by atoms with E-state index in [1.165, 1.54) is 6.07 Å². The monoisotopic (exact) mass is 614 g/mol. The Morgan fingerprint density at radius 2 is 2.00 bits per heavy atom. The van der Waals surface area contributed by atoms with Crippen LogP contribution in [0, 0.1) is 5.82 Å². The normalized spacial score (nSPS) is 21.5. The first-order chi connectivity index (χ1) is 20.8. The van der Waals surface area contributed by atoms with Crippen LogP contribution in [0.5, 0.6) is 5.75 Å². The number of H-pyrrole nitrogens is 1. The van der Waals surface area contributed by atoms with E-state index in [-0.39, 0.29) is 40.6 Å². The Kier molecular flexibility index (Phi) is 9.13. The number of phenolic OH excluding ortho intramolecular Hbond substituents is 1. The average Bonchev–Trinajstić information content (AvgIpc) is 3.67. The molecule has 3 fully saturated rings. The molecule has 1 spiro atoms. The third kappa shape index (κ3) is 6.95. The molecule has 0 saturated carbocycles. The highest BCUT2D eigenvalue weighted by atomic mass is 32.1. The zero-order chi connectivity index (χ0) is 30.0. The van der Waals surface area contributed by atoms with Gasteiger partial charge < -0.3 is 34.9 Å². The number of fused-ring (bicyclic) bond motifs is 1. The lowest BCUT2D eigenvalue weighted by atomic mass is 9.89. The van der Waals surface area contributed by atoms with Crippen molar-refractivity contribution >= 4 is 27.5 Å². The van der Waals surface area contributed by atoms with E-state index in [0.717, 1.165) is 61.2 Å². The molecule has 0 unspecified atom stereocenters. The van der Waals surface area contributed by atoms with Gasteiger partial charge in [0.05, 0.1) is 23.0 Å². The predicted octanol–water partition coefficient (Wildman–Crippen LogP) is 2.67. The zero-order valence-corrected chi connectivity index (χ0v) is 25.0. The van der Waals surface area contributed by atoms with Gasteiger partial charge >= 0.3 is 4.87 Å². The highest BCUT2D eigenvalue weighted by Crippen LogP contribution is 2.33.